The van der Waals surface area contributed by atoms with Crippen LogP contribution in [0.2, 0.25) is 0 Å². The van der Waals surface area contributed by atoms with Gasteiger partial charge in [0, 0.05) is 11.9 Å². The summed E-state index contributed by atoms with van der Waals surface area (Å²) in [4.78, 5) is 11.5. The van der Waals surface area contributed by atoms with Crippen LogP contribution in [0.4, 0.5) is 4.48 Å². The lowest BCUT2D eigenvalue weighted by molar-refractivity contribution is -0.345. The summed E-state index contributed by atoms with van der Waals surface area (Å²) < 4.78 is 14.3. The van der Waals surface area contributed by atoms with Gasteiger partial charge in [-0.2, -0.15) is 0 Å². The van der Waals surface area contributed by atoms with Gasteiger partial charge in [-0.05, 0) is 70.0 Å². The normalized spacial score (nSPS) is 15.8. The average molecular weight is 325 g/mol. The predicted octanol–water partition coefficient (Wildman–Crippen LogP) is 4.23. The molecule has 132 valence electrons. The van der Waals surface area contributed by atoms with Gasteiger partial charge < -0.3 is 0 Å². The standard InChI is InChI=1S/C18H32FN3O/c1-6-16(3)23-22(19)18(21(4)5)14-15(2)10-9-12-17-11-7-8-13-20-17/h7-8,11,13,15-16,18H,6,9-10,12,14H2,1-5H3. The summed E-state index contributed by atoms with van der Waals surface area (Å²) in [5.74, 6) is 0.421. The highest BCUT2D eigenvalue weighted by Crippen LogP contribution is 2.20. The minimum Gasteiger partial charge on any atom is -0.290 e. The smallest absolute Gasteiger partial charge is 0.120 e. The first-order valence-electron chi connectivity index (χ1n) is 8.62. The van der Waals surface area contributed by atoms with Crippen LogP contribution in [-0.4, -0.2) is 41.5 Å². The van der Waals surface area contributed by atoms with E-state index in [0.29, 0.717) is 11.2 Å². The van der Waals surface area contributed by atoms with E-state index in [4.69, 9.17) is 4.84 Å². The van der Waals surface area contributed by atoms with Gasteiger partial charge in [0.25, 0.3) is 0 Å². The monoisotopic (exact) mass is 325 g/mol. The molecule has 0 fully saturated rings. The zero-order valence-corrected chi connectivity index (χ0v) is 15.2. The molecule has 1 heterocycles. The van der Waals surface area contributed by atoms with Crippen molar-refractivity contribution in [1.29, 1.82) is 0 Å². The molecule has 0 aliphatic heterocycles. The Labute approximate surface area is 140 Å². The van der Waals surface area contributed by atoms with Crippen molar-refractivity contribution in [2.75, 3.05) is 14.1 Å². The second-order valence-corrected chi connectivity index (χ2v) is 6.59. The number of nitrogens with zero attached hydrogens (tertiary/aromatic N) is 3. The molecule has 0 radical (unpaired) electrons. The van der Waals surface area contributed by atoms with Gasteiger partial charge in [0.05, 0.1) is 6.10 Å². The predicted molar refractivity (Wildman–Crippen MR) is 92.2 cm³/mol. The maximum absolute atomic E-state index is 14.3. The molecule has 0 aliphatic rings. The SMILES string of the molecule is CCC(C)ON(F)C(CC(C)CCCc1ccccn1)N(C)C. The van der Waals surface area contributed by atoms with Gasteiger partial charge in [0.1, 0.15) is 6.17 Å². The fourth-order valence-corrected chi connectivity index (χ4v) is 2.45. The van der Waals surface area contributed by atoms with Crippen LogP contribution in [0.1, 0.15) is 52.1 Å². The molecule has 3 unspecified atom stereocenters. The first-order valence-corrected chi connectivity index (χ1v) is 8.62. The lowest BCUT2D eigenvalue weighted by atomic mass is 9.98. The van der Waals surface area contributed by atoms with E-state index in [1.807, 2.05) is 51.2 Å². The molecule has 0 bridgehead atoms. The number of hydroxylamine groups is 1. The van der Waals surface area contributed by atoms with Crippen molar-refractivity contribution in [3.8, 4) is 0 Å². The Hall–Kier alpha value is -1.04. The Morgan fingerprint density at radius 3 is 2.57 bits per heavy atom. The number of pyridine rings is 1. The van der Waals surface area contributed by atoms with Crippen LogP contribution < -0.4 is 0 Å². The Morgan fingerprint density at radius 2 is 2.00 bits per heavy atom. The molecule has 1 aromatic rings. The largest absolute Gasteiger partial charge is 0.290 e. The van der Waals surface area contributed by atoms with Crippen LogP contribution >= 0.6 is 0 Å². The first kappa shape index (κ1) is 20.0. The van der Waals surface area contributed by atoms with E-state index in [1.54, 1.807) is 0 Å². The number of rotatable bonds is 11. The zero-order valence-electron chi connectivity index (χ0n) is 15.2. The molecule has 0 saturated carbocycles. The second-order valence-electron chi connectivity index (χ2n) is 6.59. The molecule has 0 N–H and O–H groups in total. The molecule has 0 saturated heterocycles. The number of hydrogen-bond donors (Lipinski definition) is 0. The van der Waals surface area contributed by atoms with Crippen molar-refractivity contribution >= 4 is 0 Å². The van der Waals surface area contributed by atoms with E-state index in [1.165, 1.54) is 0 Å². The minimum atomic E-state index is -0.353. The molecule has 1 rings (SSSR count). The fraction of sp³-hybridized carbons (Fsp3) is 0.722. The van der Waals surface area contributed by atoms with E-state index in [9.17, 15) is 4.48 Å². The van der Waals surface area contributed by atoms with Gasteiger partial charge >= 0.3 is 0 Å². The van der Waals surface area contributed by atoms with Crippen molar-refractivity contribution < 1.29 is 9.32 Å². The van der Waals surface area contributed by atoms with Crippen LogP contribution in [-0.2, 0) is 11.3 Å². The fourth-order valence-electron chi connectivity index (χ4n) is 2.45. The molecular formula is C18H32FN3O. The van der Waals surface area contributed by atoms with Crippen molar-refractivity contribution in [2.24, 2.45) is 5.92 Å². The number of aryl methyl sites for hydroxylation is 1. The molecule has 3 atom stereocenters. The third-order valence-corrected chi connectivity index (χ3v) is 4.16. The van der Waals surface area contributed by atoms with Crippen LogP contribution in [0.25, 0.3) is 0 Å². The second kappa shape index (κ2) is 10.7. The van der Waals surface area contributed by atoms with Gasteiger partial charge in [0.2, 0.25) is 0 Å². The topological polar surface area (TPSA) is 28.6 Å². The van der Waals surface area contributed by atoms with E-state index in [2.05, 4.69) is 18.0 Å². The molecule has 0 aromatic carbocycles. The van der Waals surface area contributed by atoms with E-state index >= 15 is 0 Å². The van der Waals surface area contributed by atoms with Crippen LogP contribution in [0, 0.1) is 5.92 Å². The van der Waals surface area contributed by atoms with Crippen molar-refractivity contribution in [3.05, 3.63) is 30.1 Å². The van der Waals surface area contributed by atoms with Gasteiger partial charge in [-0.25, -0.2) is 0 Å². The van der Waals surface area contributed by atoms with Gasteiger partial charge in [-0.1, -0.05) is 26.3 Å². The zero-order chi connectivity index (χ0) is 17.2. The summed E-state index contributed by atoms with van der Waals surface area (Å²) in [6.07, 6.45) is 5.99. The Kier molecular flexibility index (Phi) is 9.29. The molecule has 0 aliphatic carbocycles. The maximum Gasteiger partial charge on any atom is 0.120 e. The third kappa shape index (κ3) is 7.86. The molecule has 0 spiro atoms. The van der Waals surface area contributed by atoms with Crippen molar-refractivity contribution in [1.82, 2.24) is 15.2 Å². The number of halogens is 1. The lowest BCUT2D eigenvalue weighted by Crippen LogP contribution is -2.43. The summed E-state index contributed by atoms with van der Waals surface area (Å²) in [6, 6.07) is 6.00. The summed E-state index contributed by atoms with van der Waals surface area (Å²) in [5.41, 5.74) is 1.12. The highest BCUT2D eigenvalue weighted by Gasteiger charge is 2.25. The molecule has 5 heteroatoms. The highest BCUT2D eigenvalue weighted by molar-refractivity contribution is 5.03. The Morgan fingerprint density at radius 1 is 1.26 bits per heavy atom. The number of aromatic nitrogens is 1. The quantitative estimate of drug-likeness (QED) is 0.346. The summed E-state index contributed by atoms with van der Waals surface area (Å²) in [7, 11) is 3.77. The van der Waals surface area contributed by atoms with Crippen molar-refractivity contribution in [3.63, 3.8) is 0 Å². The molecule has 1 aromatic heterocycles. The molecular weight excluding hydrogens is 293 g/mol. The summed E-state index contributed by atoms with van der Waals surface area (Å²) in [5, 5.41) is 0.531. The van der Waals surface area contributed by atoms with E-state index in [-0.39, 0.29) is 12.3 Å². The molecule has 0 amide bonds. The van der Waals surface area contributed by atoms with Crippen molar-refractivity contribution in [2.45, 2.75) is 65.1 Å². The average Bonchev–Trinajstić information content (AvgIpc) is 2.53. The minimum absolute atomic E-state index is 0.109. The van der Waals surface area contributed by atoms with Crippen LogP contribution in [0.15, 0.2) is 24.4 Å². The lowest BCUT2D eigenvalue weighted by Gasteiger charge is -2.31. The summed E-state index contributed by atoms with van der Waals surface area (Å²) >= 11 is 0. The third-order valence-electron chi connectivity index (χ3n) is 4.16. The maximum atomic E-state index is 14.3. The van der Waals surface area contributed by atoms with E-state index in [0.717, 1.165) is 37.8 Å². The van der Waals surface area contributed by atoms with Gasteiger partial charge in [-0.3, -0.25) is 14.7 Å². The molecule has 23 heavy (non-hydrogen) atoms. The first-order chi connectivity index (χ1) is 10.9. The highest BCUT2D eigenvalue weighted by atomic mass is 19.2. The van der Waals surface area contributed by atoms with Crippen LogP contribution in [0.3, 0.4) is 0 Å². The van der Waals surface area contributed by atoms with Crippen LogP contribution in [0.5, 0.6) is 0 Å². The van der Waals surface area contributed by atoms with Gasteiger partial charge in [-0.15, -0.1) is 4.48 Å². The van der Waals surface area contributed by atoms with E-state index < -0.39 is 0 Å². The number of hydrogen-bond acceptors (Lipinski definition) is 4. The molecule has 4 nitrogen and oxygen atoms in total. The Balaban J connectivity index is 2.39. The summed E-state index contributed by atoms with van der Waals surface area (Å²) in [6.45, 7) is 6.05. The Bertz CT molecular complexity index is 416. The van der Waals surface area contributed by atoms with Gasteiger partial charge in [0.15, 0.2) is 0 Å².